The van der Waals surface area contributed by atoms with Gasteiger partial charge < -0.3 is 19.5 Å². The fourth-order valence-electron chi connectivity index (χ4n) is 2.85. The third-order valence-corrected chi connectivity index (χ3v) is 4.45. The summed E-state index contributed by atoms with van der Waals surface area (Å²) in [5, 5.41) is 11.2. The highest BCUT2D eigenvalue weighted by Crippen LogP contribution is 2.27. The summed E-state index contributed by atoms with van der Waals surface area (Å²) in [6.07, 6.45) is 1.12. The third-order valence-electron chi connectivity index (χ3n) is 4.45. The molecule has 3 rings (SSSR count). The number of aromatic amines is 1. The van der Waals surface area contributed by atoms with Gasteiger partial charge in [-0.1, -0.05) is 18.2 Å². The molecule has 1 heterocycles. The molecule has 0 atom stereocenters. The molecule has 8 nitrogen and oxygen atoms in total. The van der Waals surface area contributed by atoms with E-state index in [0.717, 1.165) is 23.3 Å². The van der Waals surface area contributed by atoms with E-state index < -0.39 is 0 Å². The fourth-order valence-corrected chi connectivity index (χ4v) is 2.85. The van der Waals surface area contributed by atoms with Crippen LogP contribution < -0.4 is 25.1 Å². The zero-order valence-corrected chi connectivity index (χ0v) is 16.7. The molecule has 29 heavy (non-hydrogen) atoms. The van der Waals surface area contributed by atoms with Crippen molar-refractivity contribution in [3.8, 4) is 17.2 Å². The van der Waals surface area contributed by atoms with Gasteiger partial charge in [-0.05, 0) is 41.8 Å². The zero-order valence-electron chi connectivity index (χ0n) is 16.7. The molecule has 0 saturated carbocycles. The van der Waals surface area contributed by atoms with Gasteiger partial charge in [-0.15, -0.1) is 10.2 Å². The highest BCUT2D eigenvalue weighted by molar-refractivity contribution is 5.43. The molecule has 0 aliphatic heterocycles. The minimum absolute atomic E-state index is 0.260. The van der Waals surface area contributed by atoms with Gasteiger partial charge in [0.15, 0.2) is 11.5 Å². The number of aromatic nitrogens is 3. The number of anilines is 1. The van der Waals surface area contributed by atoms with Crippen molar-refractivity contribution in [2.75, 3.05) is 33.2 Å². The van der Waals surface area contributed by atoms with Gasteiger partial charge in [0, 0.05) is 13.0 Å². The largest absolute Gasteiger partial charge is 0.497 e. The zero-order chi connectivity index (χ0) is 20.6. The van der Waals surface area contributed by atoms with Crippen molar-refractivity contribution >= 4 is 5.95 Å². The number of nitrogens with one attached hydrogen (secondary N) is 2. The standard InChI is InChI=1S/C21H24N4O4/c1-27-16-7-4-14(5-8-16)12-17-20(26)23-21(25-24-17)22-11-10-15-6-9-18(28-2)19(13-15)29-3/h4-9,13H,10-12H2,1-3H3,(H2,22,23,25,26). The molecular formula is C21H24N4O4. The van der Waals surface area contributed by atoms with E-state index in [-0.39, 0.29) is 5.56 Å². The minimum Gasteiger partial charge on any atom is -0.497 e. The average Bonchev–Trinajstić information content (AvgIpc) is 2.76. The van der Waals surface area contributed by atoms with E-state index in [4.69, 9.17) is 14.2 Å². The molecule has 0 saturated heterocycles. The van der Waals surface area contributed by atoms with Gasteiger partial charge in [-0.2, -0.15) is 0 Å². The number of methoxy groups -OCH3 is 3. The number of rotatable bonds is 9. The van der Waals surface area contributed by atoms with Crippen LogP contribution >= 0.6 is 0 Å². The van der Waals surface area contributed by atoms with Crippen LogP contribution in [0.25, 0.3) is 0 Å². The van der Waals surface area contributed by atoms with Gasteiger partial charge in [-0.3, -0.25) is 9.78 Å². The second-order valence-electron chi connectivity index (χ2n) is 6.34. The molecule has 0 spiro atoms. The van der Waals surface area contributed by atoms with Crippen molar-refractivity contribution in [2.24, 2.45) is 0 Å². The molecule has 0 amide bonds. The molecule has 2 N–H and O–H groups in total. The van der Waals surface area contributed by atoms with Crippen molar-refractivity contribution < 1.29 is 14.2 Å². The van der Waals surface area contributed by atoms with Crippen molar-refractivity contribution in [3.63, 3.8) is 0 Å². The summed E-state index contributed by atoms with van der Waals surface area (Å²) in [5.41, 5.74) is 2.13. The monoisotopic (exact) mass is 396 g/mol. The van der Waals surface area contributed by atoms with Crippen LogP contribution in [-0.4, -0.2) is 43.1 Å². The second-order valence-corrected chi connectivity index (χ2v) is 6.34. The Bertz CT molecular complexity index is 1000. The maximum Gasteiger partial charge on any atom is 0.274 e. The highest BCUT2D eigenvalue weighted by Gasteiger charge is 2.08. The molecule has 0 radical (unpaired) electrons. The Morgan fingerprint density at radius 3 is 2.28 bits per heavy atom. The van der Waals surface area contributed by atoms with Crippen LogP contribution in [0.1, 0.15) is 16.8 Å². The van der Waals surface area contributed by atoms with Crippen LogP contribution in [0.4, 0.5) is 5.95 Å². The van der Waals surface area contributed by atoms with Gasteiger partial charge in [0.1, 0.15) is 11.4 Å². The number of nitrogens with zero attached hydrogens (tertiary/aromatic N) is 2. The summed E-state index contributed by atoms with van der Waals surface area (Å²) in [6.45, 7) is 0.581. The Hall–Kier alpha value is -3.55. The van der Waals surface area contributed by atoms with Crippen LogP contribution in [0.15, 0.2) is 47.3 Å². The molecule has 152 valence electrons. The summed E-state index contributed by atoms with van der Waals surface area (Å²) >= 11 is 0. The molecule has 3 aromatic rings. The summed E-state index contributed by atoms with van der Waals surface area (Å²) < 4.78 is 15.7. The van der Waals surface area contributed by atoms with Gasteiger partial charge >= 0.3 is 0 Å². The minimum atomic E-state index is -0.260. The van der Waals surface area contributed by atoms with Gasteiger partial charge in [0.2, 0.25) is 5.95 Å². The lowest BCUT2D eigenvalue weighted by Crippen LogP contribution is -2.20. The molecule has 8 heteroatoms. The van der Waals surface area contributed by atoms with E-state index in [1.54, 1.807) is 21.3 Å². The topological polar surface area (TPSA) is 98.4 Å². The number of H-pyrrole nitrogens is 1. The van der Waals surface area contributed by atoms with Crippen molar-refractivity contribution in [3.05, 3.63) is 69.6 Å². The SMILES string of the molecule is COc1ccc(Cc2nnc(NCCc3ccc(OC)c(OC)c3)[nH]c2=O)cc1. The molecule has 0 aliphatic carbocycles. The summed E-state index contributed by atoms with van der Waals surface area (Å²) in [6, 6.07) is 13.2. The van der Waals surface area contributed by atoms with Crippen LogP contribution in [0.5, 0.6) is 17.2 Å². The lowest BCUT2D eigenvalue weighted by molar-refractivity contribution is 0.354. The van der Waals surface area contributed by atoms with Crippen LogP contribution in [0.2, 0.25) is 0 Å². The molecular weight excluding hydrogens is 372 g/mol. The molecule has 0 aliphatic rings. The Labute approximate surface area is 168 Å². The summed E-state index contributed by atoms with van der Waals surface area (Å²) in [4.78, 5) is 15.0. The first kappa shape index (κ1) is 20.2. The van der Waals surface area contributed by atoms with E-state index in [1.165, 1.54) is 0 Å². The van der Waals surface area contributed by atoms with Gasteiger partial charge in [-0.25, -0.2) is 0 Å². The Morgan fingerprint density at radius 2 is 1.62 bits per heavy atom. The lowest BCUT2D eigenvalue weighted by atomic mass is 10.1. The van der Waals surface area contributed by atoms with Crippen molar-refractivity contribution in [1.82, 2.24) is 15.2 Å². The first-order valence-electron chi connectivity index (χ1n) is 9.16. The van der Waals surface area contributed by atoms with Gasteiger partial charge in [0.25, 0.3) is 5.56 Å². The Morgan fingerprint density at radius 1 is 0.897 bits per heavy atom. The number of benzene rings is 2. The first-order valence-corrected chi connectivity index (χ1v) is 9.16. The van der Waals surface area contributed by atoms with Crippen molar-refractivity contribution in [2.45, 2.75) is 12.8 Å². The van der Waals surface area contributed by atoms with Crippen LogP contribution in [0.3, 0.4) is 0 Å². The maximum atomic E-state index is 12.3. The number of hydrogen-bond donors (Lipinski definition) is 2. The molecule has 0 fully saturated rings. The van der Waals surface area contributed by atoms with E-state index >= 15 is 0 Å². The van der Waals surface area contributed by atoms with E-state index in [2.05, 4.69) is 20.5 Å². The third kappa shape index (κ3) is 5.25. The average molecular weight is 396 g/mol. The first-order chi connectivity index (χ1) is 14.1. The molecule has 1 aromatic heterocycles. The van der Waals surface area contributed by atoms with Gasteiger partial charge in [0.05, 0.1) is 21.3 Å². The maximum absolute atomic E-state index is 12.3. The number of hydrogen-bond acceptors (Lipinski definition) is 7. The van der Waals surface area contributed by atoms with E-state index in [0.29, 0.717) is 36.1 Å². The highest BCUT2D eigenvalue weighted by atomic mass is 16.5. The van der Waals surface area contributed by atoms with Crippen molar-refractivity contribution in [1.29, 1.82) is 0 Å². The van der Waals surface area contributed by atoms with Crippen LogP contribution in [-0.2, 0) is 12.8 Å². The molecule has 2 aromatic carbocycles. The fraction of sp³-hybridized carbons (Fsp3) is 0.286. The smallest absolute Gasteiger partial charge is 0.274 e. The normalized spacial score (nSPS) is 10.4. The van der Waals surface area contributed by atoms with Crippen LogP contribution in [0, 0.1) is 0 Å². The Kier molecular flexibility index (Phi) is 6.67. The predicted octanol–water partition coefficient (Wildman–Crippen LogP) is 2.44. The summed E-state index contributed by atoms with van der Waals surface area (Å²) in [7, 11) is 4.82. The lowest BCUT2D eigenvalue weighted by Gasteiger charge is -2.10. The van der Waals surface area contributed by atoms with E-state index in [1.807, 2.05) is 42.5 Å². The molecule has 0 bridgehead atoms. The quantitative estimate of drug-likeness (QED) is 0.573. The Balaban J connectivity index is 1.58. The number of ether oxygens (including phenoxy) is 3. The summed E-state index contributed by atoms with van der Waals surface area (Å²) in [5.74, 6) is 2.48. The van der Waals surface area contributed by atoms with E-state index in [9.17, 15) is 4.79 Å². The second kappa shape index (κ2) is 9.59. The predicted molar refractivity (Wildman–Crippen MR) is 110 cm³/mol. The molecule has 0 unspecified atom stereocenters.